The predicted molar refractivity (Wildman–Crippen MR) is 85.9 cm³/mol. The molecule has 3 N–H and O–H groups in total. The van der Waals surface area contributed by atoms with E-state index in [0.717, 1.165) is 11.1 Å². The molecule has 0 unspecified atom stereocenters. The van der Waals surface area contributed by atoms with Gasteiger partial charge in [-0.1, -0.05) is 24.3 Å². The minimum absolute atomic E-state index is 0.0251. The van der Waals surface area contributed by atoms with Crippen molar-refractivity contribution >= 4 is 40.0 Å². The number of nitrogens with two attached hydrogens (primary N) is 1. The molecule has 0 radical (unpaired) electrons. The van der Waals surface area contributed by atoms with Crippen molar-refractivity contribution in [1.82, 2.24) is 17.7 Å². The summed E-state index contributed by atoms with van der Waals surface area (Å²) in [5, 5.41) is 9.01. The summed E-state index contributed by atoms with van der Waals surface area (Å²) < 4.78 is 7.43. The van der Waals surface area contributed by atoms with Crippen molar-refractivity contribution in [2.24, 2.45) is 0 Å². The highest BCUT2D eigenvalue weighted by molar-refractivity contribution is 14.1. The molecule has 0 aliphatic heterocycles. The summed E-state index contributed by atoms with van der Waals surface area (Å²) >= 11 is 2.06. The number of rotatable bonds is 4. The van der Waals surface area contributed by atoms with Crippen LogP contribution in [0.2, 0.25) is 0 Å². The van der Waals surface area contributed by atoms with Crippen molar-refractivity contribution in [2.45, 2.75) is 13.2 Å². The van der Waals surface area contributed by atoms with Gasteiger partial charge in [-0.3, -0.25) is 2.78 Å². The first-order valence-corrected chi connectivity index (χ1v) is 7.12. The van der Waals surface area contributed by atoms with Gasteiger partial charge in [-0.2, -0.15) is 9.97 Å². The number of ether oxygens (including phenoxy) is 1. The summed E-state index contributed by atoms with van der Waals surface area (Å²) in [6.45, 7) is 0.364. The SMILES string of the molecule is Nc1nc(OCc2ccc(CO)cc2)c2ncn(I)c2n1. The Labute approximate surface area is 134 Å². The number of fused-ring (bicyclic) bond motifs is 1. The summed E-state index contributed by atoms with van der Waals surface area (Å²) in [6, 6.07) is 7.48. The summed E-state index contributed by atoms with van der Waals surface area (Å²) in [5.41, 5.74) is 8.70. The van der Waals surface area contributed by atoms with Crippen LogP contribution < -0.4 is 10.5 Å². The number of halogens is 1. The van der Waals surface area contributed by atoms with E-state index in [4.69, 9.17) is 15.6 Å². The molecule has 0 aliphatic rings. The molecule has 0 saturated heterocycles. The summed E-state index contributed by atoms with van der Waals surface area (Å²) in [4.78, 5) is 12.4. The zero-order chi connectivity index (χ0) is 14.8. The van der Waals surface area contributed by atoms with Crippen LogP contribution in [0, 0.1) is 0 Å². The highest BCUT2D eigenvalue weighted by Crippen LogP contribution is 2.23. The van der Waals surface area contributed by atoms with Crippen molar-refractivity contribution in [3.8, 4) is 5.88 Å². The van der Waals surface area contributed by atoms with E-state index in [0.29, 0.717) is 23.7 Å². The average molecular weight is 397 g/mol. The summed E-state index contributed by atoms with van der Waals surface area (Å²) in [5.74, 6) is 0.505. The molecule has 0 atom stereocenters. The van der Waals surface area contributed by atoms with Gasteiger partial charge in [0.15, 0.2) is 11.2 Å². The van der Waals surface area contributed by atoms with Gasteiger partial charge in [0.2, 0.25) is 11.8 Å². The molecular formula is C13H12IN5O2. The van der Waals surface area contributed by atoms with Gasteiger partial charge in [-0.15, -0.1) is 0 Å². The molecule has 0 bridgehead atoms. The number of hydrogen-bond donors (Lipinski definition) is 2. The molecule has 108 valence electrons. The zero-order valence-electron chi connectivity index (χ0n) is 10.9. The molecule has 2 aromatic heterocycles. The lowest BCUT2D eigenvalue weighted by Gasteiger charge is -2.07. The smallest absolute Gasteiger partial charge is 0.247 e. The second kappa shape index (κ2) is 5.82. The summed E-state index contributed by atoms with van der Waals surface area (Å²) in [6.07, 6.45) is 1.63. The van der Waals surface area contributed by atoms with Crippen LogP contribution in [0.15, 0.2) is 30.6 Å². The first-order chi connectivity index (χ1) is 10.2. The van der Waals surface area contributed by atoms with Crippen LogP contribution in [0.4, 0.5) is 5.95 Å². The third-order valence-corrected chi connectivity index (χ3v) is 3.63. The van der Waals surface area contributed by atoms with E-state index in [1.807, 2.05) is 24.3 Å². The highest BCUT2D eigenvalue weighted by Gasteiger charge is 2.12. The maximum absolute atomic E-state index is 9.01. The third kappa shape index (κ3) is 2.90. The van der Waals surface area contributed by atoms with Crippen molar-refractivity contribution < 1.29 is 9.84 Å². The predicted octanol–water partition coefficient (Wildman–Crippen LogP) is 1.68. The number of aliphatic hydroxyl groups is 1. The quantitative estimate of drug-likeness (QED) is 0.650. The van der Waals surface area contributed by atoms with Crippen LogP contribution >= 0.6 is 22.9 Å². The second-order valence-corrected chi connectivity index (χ2v) is 5.42. The number of hydrogen-bond acceptors (Lipinski definition) is 6. The Kier molecular flexibility index (Phi) is 3.88. The van der Waals surface area contributed by atoms with Crippen LogP contribution in [0.1, 0.15) is 11.1 Å². The third-order valence-electron chi connectivity index (χ3n) is 2.92. The Balaban J connectivity index is 1.84. The fourth-order valence-corrected chi connectivity index (χ4v) is 2.32. The molecule has 7 nitrogen and oxygen atoms in total. The number of nitrogen functional groups attached to an aromatic ring is 1. The van der Waals surface area contributed by atoms with E-state index in [1.165, 1.54) is 0 Å². The van der Waals surface area contributed by atoms with E-state index in [-0.39, 0.29) is 12.6 Å². The first-order valence-electron chi connectivity index (χ1n) is 6.15. The van der Waals surface area contributed by atoms with Gasteiger partial charge in [0.1, 0.15) is 12.9 Å². The molecule has 3 rings (SSSR count). The maximum Gasteiger partial charge on any atom is 0.247 e. The number of anilines is 1. The van der Waals surface area contributed by atoms with Gasteiger partial charge in [-0.05, 0) is 11.1 Å². The minimum Gasteiger partial charge on any atom is -0.471 e. The summed E-state index contributed by atoms with van der Waals surface area (Å²) in [7, 11) is 0. The number of aliphatic hydroxyl groups excluding tert-OH is 1. The number of nitrogens with zero attached hydrogens (tertiary/aromatic N) is 4. The number of imidazole rings is 1. The molecule has 0 spiro atoms. The van der Waals surface area contributed by atoms with Gasteiger partial charge < -0.3 is 15.6 Å². The molecule has 0 aliphatic carbocycles. The van der Waals surface area contributed by atoms with Gasteiger partial charge in [0, 0.05) is 0 Å². The average Bonchev–Trinajstić information content (AvgIpc) is 2.87. The molecule has 0 saturated carbocycles. The van der Waals surface area contributed by atoms with Crippen LogP contribution in [-0.2, 0) is 13.2 Å². The largest absolute Gasteiger partial charge is 0.471 e. The normalized spacial score (nSPS) is 11.0. The topological polar surface area (TPSA) is 99.1 Å². The Hall–Kier alpha value is -1.94. The van der Waals surface area contributed by atoms with Crippen molar-refractivity contribution in [3.05, 3.63) is 41.7 Å². The molecule has 0 amide bonds. The Bertz CT molecular complexity index is 772. The van der Waals surface area contributed by atoms with E-state index >= 15 is 0 Å². The zero-order valence-corrected chi connectivity index (χ0v) is 13.1. The fourth-order valence-electron chi connectivity index (χ4n) is 1.86. The van der Waals surface area contributed by atoms with Crippen molar-refractivity contribution in [2.75, 3.05) is 5.73 Å². The van der Waals surface area contributed by atoms with Gasteiger partial charge >= 0.3 is 0 Å². The van der Waals surface area contributed by atoms with Crippen LogP contribution in [0.5, 0.6) is 5.88 Å². The van der Waals surface area contributed by atoms with Crippen LogP contribution in [-0.4, -0.2) is 22.8 Å². The Morgan fingerprint density at radius 2 is 1.90 bits per heavy atom. The minimum atomic E-state index is 0.0251. The van der Waals surface area contributed by atoms with Gasteiger partial charge in [0.25, 0.3) is 0 Å². The maximum atomic E-state index is 9.01. The van der Waals surface area contributed by atoms with Crippen molar-refractivity contribution in [1.29, 1.82) is 0 Å². The van der Waals surface area contributed by atoms with E-state index in [9.17, 15) is 0 Å². The van der Waals surface area contributed by atoms with Gasteiger partial charge in [0.05, 0.1) is 29.5 Å². The lowest BCUT2D eigenvalue weighted by molar-refractivity contribution is 0.281. The lowest BCUT2D eigenvalue weighted by atomic mass is 10.1. The Morgan fingerprint density at radius 3 is 2.62 bits per heavy atom. The van der Waals surface area contributed by atoms with Crippen molar-refractivity contribution in [3.63, 3.8) is 0 Å². The van der Waals surface area contributed by atoms with Crippen LogP contribution in [0.3, 0.4) is 0 Å². The highest BCUT2D eigenvalue weighted by atomic mass is 127. The van der Waals surface area contributed by atoms with E-state index in [2.05, 4.69) is 37.8 Å². The van der Waals surface area contributed by atoms with Crippen LogP contribution in [0.25, 0.3) is 11.2 Å². The second-order valence-electron chi connectivity index (χ2n) is 4.38. The van der Waals surface area contributed by atoms with E-state index in [1.54, 1.807) is 9.11 Å². The molecule has 2 heterocycles. The number of benzene rings is 1. The molecule has 1 aromatic carbocycles. The molecule has 21 heavy (non-hydrogen) atoms. The molecule has 3 aromatic rings. The Morgan fingerprint density at radius 1 is 1.19 bits per heavy atom. The number of aromatic nitrogens is 4. The monoisotopic (exact) mass is 397 g/mol. The fraction of sp³-hybridized carbons (Fsp3) is 0.154. The first kappa shape index (κ1) is 14.0. The van der Waals surface area contributed by atoms with Gasteiger partial charge in [-0.25, -0.2) is 4.98 Å². The molecule has 0 fully saturated rings. The standard InChI is InChI=1S/C13H12IN5O2/c14-19-7-16-10-11(19)17-13(15)18-12(10)21-6-9-3-1-8(5-20)2-4-9/h1-4,7,20H,5-6H2,(H2,15,17,18). The lowest BCUT2D eigenvalue weighted by Crippen LogP contribution is -2.02. The molecule has 8 heteroatoms. The van der Waals surface area contributed by atoms with E-state index < -0.39 is 0 Å². The molecular weight excluding hydrogens is 385 g/mol.